The second kappa shape index (κ2) is 6.89. The summed E-state index contributed by atoms with van der Waals surface area (Å²) >= 11 is 0. The van der Waals surface area contributed by atoms with Crippen LogP contribution in [-0.4, -0.2) is 35.1 Å². The van der Waals surface area contributed by atoms with E-state index in [0.29, 0.717) is 18.1 Å². The Morgan fingerprint density at radius 3 is 2.81 bits per heavy atom. The van der Waals surface area contributed by atoms with Gasteiger partial charge >= 0.3 is 0 Å². The zero-order chi connectivity index (χ0) is 14.7. The van der Waals surface area contributed by atoms with Crippen LogP contribution in [0.3, 0.4) is 0 Å². The van der Waals surface area contributed by atoms with Crippen LogP contribution < -0.4 is 5.32 Å². The van der Waals surface area contributed by atoms with Gasteiger partial charge in [-0.05, 0) is 44.2 Å². The minimum absolute atomic E-state index is 0.460. The van der Waals surface area contributed by atoms with E-state index in [1.54, 1.807) is 0 Å². The Balaban J connectivity index is 1.68. The number of pyridine rings is 1. The second-order valence-corrected chi connectivity index (χ2v) is 6.92. The average Bonchev–Trinajstić information content (AvgIpc) is 2.56. The minimum atomic E-state index is 0.460. The molecule has 3 heteroatoms. The summed E-state index contributed by atoms with van der Waals surface area (Å²) in [6.45, 7) is 6.97. The van der Waals surface area contributed by atoms with Crippen LogP contribution in [0, 0.1) is 5.92 Å². The van der Waals surface area contributed by atoms with Crippen LogP contribution in [0.15, 0.2) is 24.5 Å². The summed E-state index contributed by atoms with van der Waals surface area (Å²) in [4.78, 5) is 6.97. The van der Waals surface area contributed by atoms with Gasteiger partial charge < -0.3 is 5.32 Å². The summed E-state index contributed by atoms with van der Waals surface area (Å²) in [5.74, 6) is 0.884. The van der Waals surface area contributed by atoms with Gasteiger partial charge in [0.2, 0.25) is 0 Å². The molecule has 21 heavy (non-hydrogen) atoms. The first-order valence-corrected chi connectivity index (χ1v) is 8.64. The molecule has 2 fully saturated rings. The molecule has 2 aliphatic rings. The highest BCUT2D eigenvalue weighted by molar-refractivity contribution is 5.14. The van der Waals surface area contributed by atoms with E-state index < -0.39 is 0 Å². The molecule has 1 N–H and O–H groups in total. The van der Waals surface area contributed by atoms with E-state index in [1.165, 1.54) is 44.2 Å². The Labute approximate surface area is 129 Å². The highest BCUT2D eigenvalue weighted by atomic mass is 15.2. The van der Waals surface area contributed by atoms with Crippen molar-refractivity contribution in [1.29, 1.82) is 0 Å². The Morgan fingerprint density at radius 2 is 2.10 bits per heavy atom. The normalized spacial score (nSPS) is 30.2. The molecule has 0 amide bonds. The average molecular weight is 287 g/mol. The first-order valence-electron chi connectivity index (χ1n) is 8.64. The molecule has 3 unspecified atom stereocenters. The fourth-order valence-corrected chi connectivity index (χ4v) is 4.12. The number of aromatic nitrogens is 1. The zero-order valence-corrected chi connectivity index (χ0v) is 13.5. The van der Waals surface area contributed by atoms with Gasteiger partial charge in [-0.15, -0.1) is 0 Å². The minimum Gasteiger partial charge on any atom is -0.311 e. The summed E-state index contributed by atoms with van der Waals surface area (Å²) in [5, 5.41) is 3.82. The summed E-state index contributed by atoms with van der Waals surface area (Å²) in [6, 6.07) is 6.00. The smallest absolute Gasteiger partial charge is 0.0339 e. The molecule has 1 aliphatic carbocycles. The van der Waals surface area contributed by atoms with Crippen LogP contribution in [0.4, 0.5) is 0 Å². The van der Waals surface area contributed by atoms with Crippen molar-refractivity contribution < 1.29 is 0 Å². The van der Waals surface area contributed by atoms with Crippen molar-refractivity contribution in [3.63, 3.8) is 0 Å². The molecule has 1 aliphatic heterocycles. The molecule has 0 aromatic carbocycles. The van der Waals surface area contributed by atoms with Gasteiger partial charge in [-0.2, -0.15) is 0 Å². The number of hydrogen-bond donors (Lipinski definition) is 1. The number of hydrogen-bond acceptors (Lipinski definition) is 3. The third kappa shape index (κ3) is 3.46. The zero-order valence-electron chi connectivity index (χ0n) is 13.5. The molecular weight excluding hydrogens is 258 g/mol. The first-order chi connectivity index (χ1) is 10.3. The standard InChI is InChI=1S/C18H29N3/c1-14-11-20-18(16-7-4-3-5-8-16)13-21(14)15(2)17-9-6-10-19-12-17/h6,9-10,12,14-16,18,20H,3-5,7-8,11,13H2,1-2H3. The van der Waals surface area contributed by atoms with E-state index in [9.17, 15) is 0 Å². The molecule has 0 spiro atoms. The number of rotatable bonds is 3. The Bertz CT molecular complexity index is 427. The molecule has 3 nitrogen and oxygen atoms in total. The largest absolute Gasteiger partial charge is 0.311 e. The van der Waals surface area contributed by atoms with Crippen molar-refractivity contribution in [3.8, 4) is 0 Å². The highest BCUT2D eigenvalue weighted by Gasteiger charge is 2.33. The van der Waals surface area contributed by atoms with Crippen LogP contribution in [-0.2, 0) is 0 Å². The van der Waals surface area contributed by atoms with Gasteiger partial charge in [0.25, 0.3) is 0 Å². The van der Waals surface area contributed by atoms with E-state index in [-0.39, 0.29) is 0 Å². The van der Waals surface area contributed by atoms with Gasteiger partial charge in [0, 0.05) is 43.6 Å². The molecule has 1 aromatic heterocycles. The predicted octanol–water partition coefficient (Wildman–Crippen LogP) is 3.39. The molecule has 0 radical (unpaired) electrons. The van der Waals surface area contributed by atoms with E-state index in [1.807, 2.05) is 12.4 Å². The molecule has 2 heterocycles. The Hall–Kier alpha value is -0.930. The van der Waals surface area contributed by atoms with Crippen molar-refractivity contribution in [2.45, 2.75) is 64.1 Å². The molecule has 3 rings (SSSR count). The van der Waals surface area contributed by atoms with Crippen molar-refractivity contribution in [2.75, 3.05) is 13.1 Å². The van der Waals surface area contributed by atoms with E-state index in [2.05, 4.69) is 41.2 Å². The summed E-state index contributed by atoms with van der Waals surface area (Å²) < 4.78 is 0. The maximum atomic E-state index is 4.29. The second-order valence-electron chi connectivity index (χ2n) is 6.92. The third-order valence-corrected chi connectivity index (χ3v) is 5.53. The van der Waals surface area contributed by atoms with E-state index in [0.717, 1.165) is 12.5 Å². The maximum absolute atomic E-state index is 4.29. The van der Waals surface area contributed by atoms with Gasteiger partial charge in [0.15, 0.2) is 0 Å². The van der Waals surface area contributed by atoms with Crippen molar-refractivity contribution in [3.05, 3.63) is 30.1 Å². The van der Waals surface area contributed by atoms with Crippen molar-refractivity contribution in [1.82, 2.24) is 15.2 Å². The lowest BCUT2D eigenvalue weighted by atomic mass is 9.82. The quantitative estimate of drug-likeness (QED) is 0.923. The van der Waals surface area contributed by atoms with Crippen LogP contribution in [0.1, 0.15) is 57.6 Å². The lowest BCUT2D eigenvalue weighted by Gasteiger charge is -2.45. The summed E-state index contributed by atoms with van der Waals surface area (Å²) in [5.41, 5.74) is 1.34. The van der Waals surface area contributed by atoms with Gasteiger partial charge in [-0.25, -0.2) is 0 Å². The molecule has 1 saturated carbocycles. The van der Waals surface area contributed by atoms with E-state index >= 15 is 0 Å². The van der Waals surface area contributed by atoms with Crippen LogP contribution in [0.2, 0.25) is 0 Å². The predicted molar refractivity (Wildman–Crippen MR) is 87.2 cm³/mol. The Morgan fingerprint density at radius 1 is 1.29 bits per heavy atom. The van der Waals surface area contributed by atoms with Gasteiger partial charge in [-0.3, -0.25) is 9.88 Å². The number of piperazine rings is 1. The van der Waals surface area contributed by atoms with Crippen LogP contribution >= 0.6 is 0 Å². The third-order valence-electron chi connectivity index (χ3n) is 5.53. The fraction of sp³-hybridized carbons (Fsp3) is 0.722. The van der Waals surface area contributed by atoms with Gasteiger partial charge in [0.1, 0.15) is 0 Å². The lowest BCUT2D eigenvalue weighted by Crippen LogP contribution is -2.58. The van der Waals surface area contributed by atoms with Crippen molar-refractivity contribution >= 4 is 0 Å². The molecule has 116 valence electrons. The highest BCUT2D eigenvalue weighted by Crippen LogP contribution is 2.31. The molecular formula is C18H29N3. The Kier molecular flexibility index (Phi) is 4.91. The lowest BCUT2D eigenvalue weighted by molar-refractivity contribution is 0.0717. The summed E-state index contributed by atoms with van der Waals surface area (Å²) in [7, 11) is 0. The van der Waals surface area contributed by atoms with Gasteiger partial charge in [-0.1, -0.05) is 25.3 Å². The maximum Gasteiger partial charge on any atom is 0.0339 e. The van der Waals surface area contributed by atoms with E-state index in [4.69, 9.17) is 0 Å². The monoisotopic (exact) mass is 287 g/mol. The van der Waals surface area contributed by atoms with Crippen LogP contribution in [0.25, 0.3) is 0 Å². The first kappa shape index (κ1) is 15.0. The molecule has 3 atom stereocenters. The molecule has 0 bridgehead atoms. The topological polar surface area (TPSA) is 28.2 Å². The van der Waals surface area contributed by atoms with Crippen molar-refractivity contribution in [2.24, 2.45) is 5.92 Å². The fourth-order valence-electron chi connectivity index (χ4n) is 4.12. The van der Waals surface area contributed by atoms with Crippen LogP contribution in [0.5, 0.6) is 0 Å². The number of nitrogens with zero attached hydrogens (tertiary/aromatic N) is 2. The SMILES string of the molecule is CC1CNC(C2CCCCC2)CN1C(C)c1cccnc1. The molecule has 1 saturated heterocycles. The summed E-state index contributed by atoms with van der Waals surface area (Å²) in [6.07, 6.45) is 11.0. The van der Waals surface area contributed by atoms with Gasteiger partial charge in [0.05, 0.1) is 0 Å². The molecule has 1 aromatic rings. The number of nitrogens with one attached hydrogen (secondary N) is 1.